The zero-order valence-electron chi connectivity index (χ0n) is 15.7. The molecule has 0 spiro atoms. The summed E-state index contributed by atoms with van der Waals surface area (Å²) in [5.41, 5.74) is 1.22. The quantitative estimate of drug-likeness (QED) is 0.685. The predicted octanol–water partition coefficient (Wildman–Crippen LogP) is 3.75. The van der Waals surface area contributed by atoms with Crippen LogP contribution in [0.4, 0.5) is 0 Å². The Morgan fingerprint density at radius 1 is 1.08 bits per heavy atom. The first-order valence-electron chi connectivity index (χ1n) is 8.77. The van der Waals surface area contributed by atoms with Gasteiger partial charge in [-0.2, -0.15) is 4.31 Å². The van der Waals surface area contributed by atoms with Crippen LogP contribution in [0.2, 0.25) is 0 Å². The summed E-state index contributed by atoms with van der Waals surface area (Å²) >= 11 is 1.60. The van der Waals surface area contributed by atoms with Crippen molar-refractivity contribution in [3.8, 4) is 0 Å². The molecule has 5 nitrogen and oxygen atoms in total. The minimum atomic E-state index is -3.59. The molecule has 0 aliphatic carbocycles. The Kier molecular flexibility index (Phi) is 6.97. The van der Waals surface area contributed by atoms with Crippen molar-refractivity contribution in [1.82, 2.24) is 9.21 Å². The van der Waals surface area contributed by atoms with Gasteiger partial charge in [0.25, 0.3) is 5.91 Å². The molecule has 0 aliphatic heterocycles. The fourth-order valence-corrected chi connectivity index (χ4v) is 5.00. The number of hydrogen-bond acceptors (Lipinski definition) is 4. The van der Waals surface area contributed by atoms with Crippen molar-refractivity contribution in [3.63, 3.8) is 0 Å². The molecular formula is C19H26N2O3S2. The number of thiophene rings is 1. The topological polar surface area (TPSA) is 57.7 Å². The van der Waals surface area contributed by atoms with Crippen LogP contribution in [-0.4, -0.2) is 43.2 Å². The number of rotatable bonds is 8. The molecule has 1 amide bonds. The van der Waals surface area contributed by atoms with E-state index < -0.39 is 10.0 Å². The molecule has 1 heterocycles. The van der Waals surface area contributed by atoms with E-state index in [-0.39, 0.29) is 10.8 Å². The first-order chi connectivity index (χ1) is 12.3. The van der Waals surface area contributed by atoms with E-state index in [4.69, 9.17) is 0 Å². The van der Waals surface area contributed by atoms with Gasteiger partial charge in [-0.15, -0.1) is 11.3 Å². The van der Waals surface area contributed by atoms with E-state index in [0.29, 0.717) is 31.7 Å². The van der Waals surface area contributed by atoms with Crippen LogP contribution in [0.25, 0.3) is 0 Å². The number of sulfonamides is 1. The van der Waals surface area contributed by atoms with E-state index in [9.17, 15) is 13.2 Å². The molecule has 2 aromatic rings. The van der Waals surface area contributed by atoms with Gasteiger partial charge in [-0.3, -0.25) is 4.79 Å². The minimum absolute atomic E-state index is 0.144. The summed E-state index contributed by atoms with van der Waals surface area (Å²) in [5.74, 6) is -0.144. The molecule has 1 aromatic heterocycles. The van der Waals surface area contributed by atoms with Crippen LogP contribution in [0.3, 0.4) is 0 Å². The Balaban J connectivity index is 2.38. The zero-order chi connectivity index (χ0) is 19.3. The Bertz CT molecular complexity index is 842. The van der Waals surface area contributed by atoms with E-state index in [1.807, 2.05) is 31.4 Å². The van der Waals surface area contributed by atoms with E-state index in [2.05, 4.69) is 0 Å². The fourth-order valence-electron chi connectivity index (χ4n) is 2.79. The Labute approximate surface area is 160 Å². The van der Waals surface area contributed by atoms with E-state index >= 15 is 0 Å². The number of carbonyl (C=O) groups is 1. The van der Waals surface area contributed by atoms with Gasteiger partial charge in [0.1, 0.15) is 0 Å². The predicted molar refractivity (Wildman–Crippen MR) is 106 cm³/mol. The third-order valence-corrected chi connectivity index (χ3v) is 7.29. The highest BCUT2D eigenvalue weighted by Gasteiger charge is 2.25. The third kappa shape index (κ3) is 4.34. The molecular weight excluding hydrogens is 368 g/mol. The van der Waals surface area contributed by atoms with Crippen LogP contribution in [0, 0.1) is 6.92 Å². The lowest BCUT2D eigenvalue weighted by Crippen LogP contribution is -2.32. The van der Waals surface area contributed by atoms with Gasteiger partial charge in [-0.05, 0) is 43.0 Å². The van der Waals surface area contributed by atoms with Gasteiger partial charge in [0, 0.05) is 30.1 Å². The van der Waals surface area contributed by atoms with Crippen LogP contribution in [0.1, 0.15) is 41.6 Å². The maximum absolute atomic E-state index is 13.0. The fraction of sp³-hybridized carbons (Fsp3) is 0.421. The molecule has 1 aromatic carbocycles. The molecule has 0 unspecified atom stereocenters. The van der Waals surface area contributed by atoms with Crippen LogP contribution < -0.4 is 0 Å². The molecule has 0 bridgehead atoms. The second-order valence-electron chi connectivity index (χ2n) is 5.96. The van der Waals surface area contributed by atoms with Gasteiger partial charge in [0.2, 0.25) is 10.0 Å². The normalized spacial score (nSPS) is 11.7. The van der Waals surface area contributed by atoms with Gasteiger partial charge in [-0.1, -0.05) is 26.0 Å². The molecule has 0 N–H and O–H groups in total. The van der Waals surface area contributed by atoms with Gasteiger partial charge >= 0.3 is 0 Å². The molecule has 0 aliphatic rings. The molecule has 0 atom stereocenters. The summed E-state index contributed by atoms with van der Waals surface area (Å²) < 4.78 is 27.0. The van der Waals surface area contributed by atoms with Crippen molar-refractivity contribution in [2.75, 3.05) is 19.6 Å². The molecule has 0 radical (unpaired) electrons. The average molecular weight is 395 g/mol. The lowest BCUT2D eigenvalue weighted by molar-refractivity contribution is 0.0753. The highest BCUT2D eigenvalue weighted by Crippen LogP contribution is 2.22. The van der Waals surface area contributed by atoms with Crippen molar-refractivity contribution in [3.05, 3.63) is 51.7 Å². The summed E-state index contributed by atoms with van der Waals surface area (Å²) in [6.45, 7) is 9.26. The average Bonchev–Trinajstić information content (AvgIpc) is 3.13. The second kappa shape index (κ2) is 8.79. The summed E-state index contributed by atoms with van der Waals surface area (Å²) in [7, 11) is -3.59. The van der Waals surface area contributed by atoms with Crippen molar-refractivity contribution in [2.45, 2.75) is 39.1 Å². The van der Waals surface area contributed by atoms with Crippen molar-refractivity contribution in [1.29, 1.82) is 0 Å². The summed E-state index contributed by atoms with van der Waals surface area (Å²) in [6.07, 6.45) is 0. The van der Waals surface area contributed by atoms with Crippen LogP contribution in [0.15, 0.2) is 40.6 Å². The van der Waals surface area contributed by atoms with Gasteiger partial charge in [-0.25, -0.2) is 8.42 Å². The van der Waals surface area contributed by atoms with Crippen molar-refractivity contribution >= 4 is 27.3 Å². The molecule has 7 heteroatoms. The Hall–Kier alpha value is -1.70. The molecule has 0 fully saturated rings. The maximum atomic E-state index is 13.0. The molecule has 142 valence electrons. The summed E-state index contributed by atoms with van der Waals surface area (Å²) in [5, 5.41) is 1.98. The summed E-state index contributed by atoms with van der Waals surface area (Å²) in [6, 6.07) is 8.76. The number of amides is 1. The lowest BCUT2D eigenvalue weighted by Gasteiger charge is -2.23. The molecule has 2 rings (SSSR count). The minimum Gasteiger partial charge on any atom is -0.334 e. The third-order valence-electron chi connectivity index (χ3n) is 4.38. The first-order valence-corrected chi connectivity index (χ1v) is 11.1. The van der Waals surface area contributed by atoms with Crippen molar-refractivity contribution < 1.29 is 13.2 Å². The monoisotopic (exact) mass is 394 g/mol. The Morgan fingerprint density at radius 2 is 1.77 bits per heavy atom. The number of hydrogen-bond donors (Lipinski definition) is 0. The highest BCUT2D eigenvalue weighted by molar-refractivity contribution is 7.89. The lowest BCUT2D eigenvalue weighted by atomic mass is 10.1. The zero-order valence-corrected chi connectivity index (χ0v) is 17.4. The Morgan fingerprint density at radius 3 is 2.31 bits per heavy atom. The smallest absolute Gasteiger partial charge is 0.254 e. The van der Waals surface area contributed by atoms with Crippen LogP contribution >= 0.6 is 11.3 Å². The SMILES string of the molecule is CCN(Cc1cccs1)C(=O)c1cc(S(=O)(=O)N(CC)CC)ccc1C. The molecule has 26 heavy (non-hydrogen) atoms. The standard InChI is InChI=1S/C19H26N2O3S2/c1-5-20(14-16-9-8-12-25-16)19(22)18-13-17(11-10-15(18)4)26(23,24)21(6-2)7-3/h8-13H,5-7,14H2,1-4H3. The number of benzene rings is 1. The largest absolute Gasteiger partial charge is 0.334 e. The molecule has 0 saturated heterocycles. The molecule has 0 saturated carbocycles. The van der Waals surface area contributed by atoms with Gasteiger partial charge in [0.05, 0.1) is 11.4 Å². The van der Waals surface area contributed by atoms with E-state index in [0.717, 1.165) is 10.4 Å². The van der Waals surface area contributed by atoms with Gasteiger partial charge < -0.3 is 4.90 Å². The van der Waals surface area contributed by atoms with Crippen molar-refractivity contribution in [2.24, 2.45) is 0 Å². The maximum Gasteiger partial charge on any atom is 0.254 e. The summed E-state index contributed by atoms with van der Waals surface area (Å²) in [4.78, 5) is 16.0. The first kappa shape index (κ1) is 20.6. The van der Waals surface area contributed by atoms with Crippen LogP contribution in [-0.2, 0) is 16.6 Å². The number of nitrogens with zero attached hydrogens (tertiary/aromatic N) is 2. The van der Waals surface area contributed by atoms with E-state index in [1.54, 1.807) is 42.2 Å². The van der Waals surface area contributed by atoms with E-state index in [1.165, 1.54) is 10.4 Å². The second-order valence-corrected chi connectivity index (χ2v) is 8.93. The van der Waals surface area contributed by atoms with Gasteiger partial charge in [0.15, 0.2) is 0 Å². The highest BCUT2D eigenvalue weighted by atomic mass is 32.2. The number of carbonyl (C=O) groups excluding carboxylic acids is 1. The van der Waals surface area contributed by atoms with Crippen LogP contribution in [0.5, 0.6) is 0 Å². The number of aryl methyl sites for hydroxylation is 1.